The number of ether oxygens (including phenoxy) is 2. The molecule has 8 nitrogen and oxygen atoms in total. The normalized spacial score (nSPS) is 13.4. The molecule has 0 amide bonds. The molecule has 0 bridgehead atoms. The van der Waals surface area contributed by atoms with E-state index in [1.165, 1.54) is 4.57 Å². The van der Waals surface area contributed by atoms with Gasteiger partial charge in [0.15, 0.2) is 5.43 Å². The minimum absolute atomic E-state index is 0.187. The van der Waals surface area contributed by atoms with Crippen LogP contribution in [0.5, 0.6) is 11.5 Å². The van der Waals surface area contributed by atoms with Crippen LogP contribution in [0.1, 0.15) is 11.1 Å². The predicted molar refractivity (Wildman–Crippen MR) is 107 cm³/mol. The number of benzene rings is 2. The molecule has 0 radical (unpaired) electrons. The molecule has 0 saturated heterocycles. The first-order valence-corrected chi connectivity index (χ1v) is 10.5. The topological polar surface area (TPSA) is 107 Å². The molecule has 2 N–H and O–H groups in total. The maximum atomic E-state index is 13.4. The van der Waals surface area contributed by atoms with Gasteiger partial charge in [-0.25, -0.2) is 4.57 Å². The molecule has 2 heterocycles. The molecule has 0 saturated carbocycles. The van der Waals surface area contributed by atoms with Gasteiger partial charge in [0.25, 0.3) is 0 Å². The van der Waals surface area contributed by atoms with Gasteiger partial charge in [-0.1, -0.05) is 18.2 Å². The van der Waals surface area contributed by atoms with Crippen molar-refractivity contribution in [1.29, 1.82) is 0 Å². The van der Waals surface area contributed by atoms with Crippen LogP contribution in [0.2, 0.25) is 0 Å². The van der Waals surface area contributed by atoms with E-state index in [4.69, 9.17) is 23.8 Å². The summed E-state index contributed by atoms with van der Waals surface area (Å²) in [6, 6.07) is 8.93. The Hall–Kier alpha value is -2.64. The van der Waals surface area contributed by atoms with Crippen molar-refractivity contribution in [1.82, 2.24) is 4.57 Å². The van der Waals surface area contributed by atoms with E-state index in [9.17, 15) is 9.36 Å². The van der Waals surface area contributed by atoms with Gasteiger partial charge in [0, 0.05) is 18.2 Å². The number of fused-ring (bicyclic) bond motifs is 3. The van der Waals surface area contributed by atoms with E-state index in [0.29, 0.717) is 46.6 Å². The van der Waals surface area contributed by atoms with Gasteiger partial charge in [-0.3, -0.25) is 9.32 Å². The minimum atomic E-state index is -4.71. The average molecular weight is 417 g/mol. The van der Waals surface area contributed by atoms with Crippen LogP contribution in [0, 0.1) is 6.92 Å². The highest BCUT2D eigenvalue weighted by Gasteiger charge is 2.24. The number of methoxy groups -OCH3 is 1. The van der Waals surface area contributed by atoms with Crippen LogP contribution < -0.4 is 14.9 Å². The Morgan fingerprint density at radius 1 is 1.24 bits per heavy atom. The van der Waals surface area contributed by atoms with E-state index in [1.807, 2.05) is 13.0 Å². The van der Waals surface area contributed by atoms with Gasteiger partial charge in [0.05, 0.1) is 24.6 Å². The molecule has 0 spiro atoms. The van der Waals surface area contributed by atoms with Crippen LogP contribution in [0.15, 0.2) is 41.3 Å². The predicted octanol–water partition coefficient (Wildman–Crippen LogP) is 2.99. The summed E-state index contributed by atoms with van der Waals surface area (Å²) in [5.41, 5.74) is 3.06. The summed E-state index contributed by atoms with van der Waals surface area (Å²) in [5, 5.41) is 0.438. The van der Waals surface area contributed by atoms with Gasteiger partial charge in [-0.05, 0) is 35.7 Å². The quantitative estimate of drug-likeness (QED) is 0.615. The molecule has 0 atom stereocenters. The Bertz CT molecular complexity index is 1190. The van der Waals surface area contributed by atoms with Gasteiger partial charge in [0.1, 0.15) is 18.2 Å². The minimum Gasteiger partial charge on any atom is -0.497 e. The summed E-state index contributed by atoms with van der Waals surface area (Å²) in [6.07, 6.45) is 2.25. The zero-order valence-electron chi connectivity index (χ0n) is 15.9. The van der Waals surface area contributed by atoms with Gasteiger partial charge in [0.2, 0.25) is 0 Å². The monoisotopic (exact) mass is 417 g/mol. The van der Waals surface area contributed by atoms with Crippen LogP contribution in [-0.2, 0) is 22.2 Å². The first kappa shape index (κ1) is 19.7. The summed E-state index contributed by atoms with van der Waals surface area (Å²) in [6.45, 7) is 1.90. The fourth-order valence-corrected chi connectivity index (χ4v) is 3.93. The molecule has 0 unspecified atom stereocenters. The van der Waals surface area contributed by atoms with Crippen molar-refractivity contribution >= 4 is 18.7 Å². The second-order valence-electron chi connectivity index (χ2n) is 6.82. The summed E-state index contributed by atoms with van der Waals surface area (Å²) < 4.78 is 28.5. The molecule has 1 aromatic heterocycles. The number of hydrogen-bond donors (Lipinski definition) is 2. The highest BCUT2D eigenvalue weighted by Crippen LogP contribution is 2.39. The number of hydrogen-bond acceptors (Lipinski definition) is 5. The van der Waals surface area contributed by atoms with Gasteiger partial charge < -0.3 is 23.8 Å². The lowest BCUT2D eigenvalue weighted by atomic mass is 9.98. The highest BCUT2D eigenvalue weighted by atomic mass is 31.2. The summed E-state index contributed by atoms with van der Waals surface area (Å²) in [4.78, 5) is 31.7. The second-order valence-corrected chi connectivity index (χ2v) is 8.06. The number of rotatable bonds is 5. The molecular weight excluding hydrogens is 397 g/mol. The Labute approximate surface area is 166 Å². The first-order valence-electron chi connectivity index (χ1n) is 8.95. The summed E-state index contributed by atoms with van der Waals surface area (Å²) in [5.74, 6) is 1.21. The lowest BCUT2D eigenvalue weighted by Gasteiger charge is -2.18. The first-order chi connectivity index (χ1) is 13.8. The largest absolute Gasteiger partial charge is 0.497 e. The van der Waals surface area contributed by atoms with E-state index in [1.54, 1.807) is 37.6 Å². The van der Waals surface area contributed by atoms with Crippen molar-refractivity contribution in [2.24, 2.45) is 0 Å². The molecule has 0 fully saturated rings. The zero-order chi connectivity index (χ0) is 20.8. The van der Waals surface area contributed by atoms with Crippen molar-refractivity contribution in [3.63, 3.8) is 0 Å². The van der Waals surface area contributed by atoms with E-state index in [2.05, 4.69) is 0 Å². The zero-order valence-corrected chi connectivity index (χ0v) is 16.8. The Kier molecular flexibility index (Phi) is 4.96. The van der Waals surface area contributed by atoms with Crippen LogP contribution in [0.25, 0.3) is 22.0 Å². The van der Waals surface area contributed by atoms with Crippen molar-refractivity contribution < 1.29 is 28.3 Å². The molecule has 0 aliphatic carbocycles. The van der Waals surface area contributed by atoms with Crippen LogP contribution in [0.4, 0.5) is 0 Å². The van der Waals surface area contributed by atoms with Crippen LogP contribution in [-0.4, -0.2) is 28.1 Å². The average Bonchev–Trinajstić information content (AvgIpc) is 3.14. The maximum Gasteiger partial charge on any atom is 0.471 e. The molecule has 1 aliphatic rings. The third-order valence-corrected chi connectivity index (χ3v) is 5.41. The fourth-order valence-electron chi connectivity index (χ4n) is 3.65. The number of phosphoric acid groups is 1. The maximum absolute atomic E-state index is 13.4. The molecule has 1 aliphatic heterocycles. The number of pyridine rings is 1. The molecule has 3 aromatic rings. The number of phosphoric ester groups is 1. The van der Waals surface area contributed by atoms with Gasteiger partial charge in [-0.2, -0.15) is 0 Å². The Balaban J connectivity index is 1.99. The smallest absolute Gasteiger partial charge is 0.471 e. The molecule has 29 heavy (non-hydrogen) atoms. The van der Waals surface area contributed by atoms with Gasteiger partial charge in [-0.15, -0.1) is 0 Å². The fraction of sp³-hybridized carbons (Fsp3) is 0.250. The SMILES string of the molecule is COc1ccc(-c2cn(COP(=O)(O)O)c3c4c(cc(C)c3c2=O)CCO4)cc1. The summed E-state index contributed by atoms with van der Waals surface area (Å²) in [7, 11) is -3.15. The van der Waals surface area contributed by atoms with Crippen molar-refractivity contribution in [2.75, 3.05) is 13.7 Å². The molecule has 2 aromatic carbocycles. The van der Waals surface area contributed by atoms with Crippen LogP contribution in [0.3, 0.4) is 0 Å². The number of aromatic nitrogens is 1. The van der Waals surface area contributed by atoms with Crippen molar-refractivity contribution in [3.8, 4) is 22.6 Å². The third kappa shape index (κ3) is 3.68. The lowest BCUT2D eigenvalue weighted by molar-refractivity contribution is 0.155. The Morgan fingerprint density at radius 2 is 1.97 bits per heavy atom. The third-order valence-electron chi connectivity index (χ3n) is 4.96. The molecule has 152 valence electrons. The lowest BCUT2D eigenvalue weighted by Crippen LogP contribution is -2.15. The summed E-state index contributed by atoms with van der Waals surface area (Å²) >= 11 is 0. The van der Waals surface area contributed by atoms with Crippen molar-refractivity contribution in [2.45, 2.75) is 20.1 Å². The molecular formula is C20H20NO7P. The van der Waals surface area contributed by atoms with Crippen LogP contribution >= 0.6 is 7.82 Å². The second kappa shape index (κ2) is 7.31. The van der Waals surface area contributed by atoms with E-state index >= 15 is 0 Å². The molecule has 9 heteroatoms. The standard InChI is InChI=1S/C20H20NO7P/c1-12-9-14-7-8-27-20(14)18-17(12)19(22)16(10-21(18)11-28-29(23,24)25)13-3-5-15(26-2)6-4-13/h3-6,9-10H,7-8,11H2,1-2H3,(H2,23,24,25). The van der Waals surface area contributed by atoms with E-state index in [0.717, 1.165) is 11.1 Å². The molecule has 4 rings (SSSR count). The van der Waals surface area contributed by atoms with E-state index < -0.39 is 14.6 Å². The Morgan fingerprint density at radius 3 is 2.62 bits per heavy atom. The number of aryl methyl sites for hydroxylation is 1. The van der Waals surface area contributed by atoms with E-state index in [-0.39, 0.29) is 5.43 Å². The van der Waals surface area contributed by atoms with Gasteiger partial charge >= 0.3 is 7.82 Å². The van der Waals surface area contributed by atoms with Crippen molar-refractivity contribution in [3.05, 3.63) is 57.9 Å². The highest BCUT2D eigenvalue weighted by molar-refractivity contribution is 7.46. The number of nitrogens with zero attached hydrogens (tertiary/aromatic N) is 1.